The lowest BCUT2D eigenvalue weighted by molar-refractivity contribution is -0.147. The SMILES string of the molecule is CCC(C)C(O)(C(=O)NCC1C2CN(Cc3ccccc3)CC12)c1ccccc1. The highest BCUT2D eigenvalue weighted by Gasteiger charge is 2.55. The monoisotopic (exact) mass is 392 g/mol. The van der Waals surface area contributed by atoms with Crippen LogP contribution in [-0.4, -0.2) is 35.5 Å². The van der Waals surface area contributed by atoms with Gasteiger partial charge in [0, 0.05) is 26.2 Å². The Morgan fingerprint density at radius 2 is 1.69 bits per heavy atom. The number of nitrogens with zero attached hydrogens (tertiary/aromatic N) is 1. The van der Waals surface area contributed by atoms with Gasteiger partial charge in [-0.3, -0.25) is 9.69 Å². The van der Waals surface area contributed by atoms with E-state index in [9.17, 15) is 9.90 Å². The molecule has 4 rings (SSSR count). The molecule has 0 bridgehead atoms. The molecule has 29 heavy (non-hydrogen) atoms. The van der Waals surface area contributed by atoms with Crippen LogP contribution in [0.4, 0.5) is 0 Å². The number of aliphatic hydroxyl groups is 1. The minimum Gasteiger partial charge on any atom is -0.375 e. The van der Waals surface area contributed by atoms with E-state index in [0.29, 0.717) is 29.9 Å². The second-order valence-corrected chi connectivity index (χ2v) is 8.82. The fourth-order valence-electron chi connectivity index (χ4n) is 4.98. The number of hydrogen-bond donors (Lipinski definition) is 2. The highest BCUT2D eigenvalue weighted by atomic mass is 16.3. The van der Waals surface area contributed by atoms with Gasteiger partial charge in [-0.1, -0.05) is 74.5 Å². The van der Waals surface area contributed by atoms with E-state index in [-0.39, 0.29) is 11.8 Å². The number of hydrogen-bond acceptors (Lipinski definition) is 3. The van der Waals surface area contributed by atoms with Crippen molar-refractivity contribution in [2.75, 3.05) is 19.6 Å². The van der Waals surface area contributed by atoms with E-state index in [1.807, 2.05) is 44.2 Å². The molecule has 2 aromatic carbocycles. The summed E-state index contributed by atoms with van der Waals surface area (Å²) in [7, 11) is 0. The Hall–Kier alpha value is -2.17. The maximum Gasteiger partial charge on any atom is 0.256 e. The summed E-state index contributed by atoms with van der Waals surface area (Å²) in [5, 5.41) is 14.4. The van der Waals surface area contributed by atoms with Crippen molar-refractivity contribution in [2.45, 2.75) is 32.4 Å². The summed E-state index contributed by atoms with van der Waals surface area (Å²) in [6.45, 7) is 7.84. The van der Waals surface area contributed by atoms with Gasteiger partial charge in [0.2, 0.25) is 0 Å². The predicted octanol–water partition coefficient (Wildman–Crippen LogP) is 3.41. The third-order valence-corrected chi connectivity index (χ3v) is 7.08. The van der Waals surface area contributed by atoms with Crippen molar-refractivity contribution >= 4 is 5.91 Å². The second kappa shape index (κ2) is 8.29. The molecule has 1 saturated carbocycles. The molecular formula is C25H32N2O2. The summed E-state index contributed by atoms with van der Waals surface area (Å²) in [6, 6.07) is 20.0. The summed E-state index contributed by atoms with van der Waals surface area (Å²) in [5.41, 5.74) is 0.566. The number of amides is 1. The van der Waals surface area contributed by atoms with Gasteiger partial charge in [0.25, 0.3) is 5.91 Å². The number of fused-ring (bicyclic) bond motifs is 1. The maximum absolute atomic E-state index is 13.1. The molecule has 2 aliphatic rings. The summed E-state index contributed by atoms with van der Waals surface area (Å²) in [6.07, 6.45) is 0.738. The van der Waals surface area contributed by atoms with Gasteiger partial charge in [-0.25, -0.2) is 0 Å². The number of piperidine rings is 1. The van der Waals surface area contributed by atoms with Crippen LogP contribution in [0.1, 0.15) is 31.4 Å². The van der Waals surface area contributed by atoms with Crippen molar-refractivity contribution in [3.8, 4) is 0 Å². The highest BCUT2D eigenvalue weighted by Crippen LogP contribution is 2.51. The van der Waals surface area contributed by atoms with Crippen LogP contribution in [0, 0.1) is 23.7 Å². The first-order valence-corrected chi connectivity index (χ1v) is 10.9. The molecule has 0 aromatic heterocycles. The minimum atomic E-state index is -1.47. The van der Waals surface area contributed by atoms with Crippen molar-refractivity contribution < 1.29 is 9.90 Å². The zero-order valence-electron chi connectivity index (χ0n) is 17.4. The van der Waals surface area contributed by atoms with Gasteiger partial charge in [0.1, 0.15) is 0 Å². The first-order valence-electron chi connectivity index (χ1n) is 10.9. The molecule has 2 aromatic rings. The summed E-state index contributed by atoms with van der Waals surface area (Å²) < 4.78 is 0. The zero-order chi connectivity index (χ0) is 20.4. The van der Waals surface area contributed by atoms with Gasteiger partial charge in [0.05, 0.1) is 0 Å². The fourth-order valence-corrected chi connectivity index (χ4v) is 4.98. The lowest BCUT2D eigenvalue weighted by atomic mass is 9.80. The normalized spacial score (nSPS) is 26.4. The standard InChI is InChI=1S/C25H32N2O2/c1-3-18(2)25(29,20-12-8-5-9-13-20)24(28)26-14-21-22-16-27(17-23(21)22)15-19-10-6-4-7-11-19/h4-13,18,21-23,29H,3,14-17H2,1-2H3,(H,26,28). The van der Waals surface area contributed by atoms with E-state index in [2.05, 4.69) is 40.5 Å². The van der Waals surface area contributed by atoms with Crippen LogP contribution in [0.25, 0.3) is 0 Å². The third-order valence-electron chi connectivity index (χ3n) is 7.08. The molecule has 4 heteroatoms. The van der Waals surface area contributed by atoms with Crippen molar-refractivity contribution in [3.63, 3.8) is 0 Å². The summed E-state index contributed by atoms with van der Waals surface area (Å²) in [5.74, 6) is 1.48. The Balaban J connectivity index is 1.31. The average molecular weight is 393 g/mol. The number of nitrogens with one attached hydrogen (secondary N) is 1. The summed E-state index contributed by atoms with van der Waals surface area (Å²) in [4.78, 5) is 15.6. The first kappa shape index (κ1) is 20.1. The Morgan fingerprint density at radius 3 is 2.28 bits per heavy atom. The zero-order valence-corrected chi connectivity index (χ0v) is 17.4. The van der Waals surface area contributed by atoms with Crippen LogP contribution in [0.15, 0.2) is 60.7 Å². The van der Waals surface area contributed by atoms with Crippen LogP contribution in [0.3, 0.4) is 0 Å². The van der Waals surface area contributed by atoms with E-state index in [4.69, 9.17) is 0 Å². The Labute approximate surface area is 173 Å². The first-order chi connectivity index (χ1) is 14.0. The smallest absolute Gasteiger partial charge is 0.256 e. The maximum atomic E-state index is 13.1. The molecule has 1 saturated heterocycles. The molecule has 1 heterocycles. The molecule has 0 radical (unpaired) electrons. The van der Waals surface area contributed by atoms with E-state index < -0.39 is 5.60 Å². The number of likely N-dealkylation sites (tertiary alicyclic amines) is 1. The molecule has 4 unspecified atom stereocenters. The molecule has 1 amide bonds. The van der Waals surface area contributed by atoms with E-state index >= 15 is 0 Å². The molecule has 154 valence electrons. The number of carbonyl (C=O) groups excluding carboxylic acids is 1. The quantitative estimate of drug-likeness (QED) is 0.724. The Kier molecular flexibility index (Phi) is 5.75. The number of rotatable bonds is 8. The molecule has 4 atom stereocenters. The topological polar surface area (TPSA) is 52.6 Å². The average Bonchev–Trinajstić information content (AvgIpc) is 3.22. The van der Waals surface area contributed by atoms with Gasteiger partial charge >= 0.3 is 0 Å². The van der Waals surface area contributed by atoms with Gasteiger partial charge in [0.15, 0.2) is 5.60 Å². The molecule has 0 spiro atoms. The Morgan fingerprint density at radius 1 is 1.10 bits per heavy atom. The third kappa shape index (κ3) is 3.96. The molecule has 4 nitrogen and oxygen atoms in total. The number of benzene rings is 2. The lowest BCUT2D eigenvalue weighted by Gasteiger charge is -2.33. The Bertz CT molecular complexity index is 813. The van der Waals surface area contributed by atoms with Gasteiger partial charge in [-0.15, -0.1) is 0 Å². The van der Waals surface area contributed by atoms with Crippen LogP contribution in [0.5, 0.6) is 0 Å². The second-order valence-electron chi connectivity index (χ2n) is 8.82. The van der Waals surface area contributed by atoms with E-state index in [1.54, 1.807) is 0 Å². The van der Waals surface area contributed by atoms with Gasteiger partial charge in [-0.05, 0) is 41.2 Å². The molecular weight excluding hydrogens is 360 g/mol. The highest BCUT2D eigenvalue weighted by molar-refractivity contribution is 5.86. The largest absolute Gasteiger partial charge is 0.375 e. The van der Waals surface area contributed by atoms with Crippen molar-refractivity contribution in [3.05, 3.63) is 71.8 Å². The number of carbonyl (C=O) groups is 1. The van der Waals surface area contributed by atoms with Crippen molar-refractivity contribution in [2.24, 2.45) is 23.7 Å². The van der Waals surface area contributed by atoms with Gasteiger partial charge < -0.3 is 10.4 Å². The molecule has 2 fully saturated rings. The lowest BCUT2D eigenvalue weighted by Crippen LogP contribution is -2.49. The van der Waals surface area contributed by atoms with Crippen LogP contribution < -0.4 is 5.32 Å². The van der Waals surface area contributed by atoms with Crippen LogP contribution in [-0.2, 0) is 16.9 Å². The fraction of sp³-hybridized carbons (Fsp3) is 0.480. The van der Waals surface area contributed by atoms with Crippen LogP contribution in [0.2, 0.25) is 0 Å². The van der Waals surface area contributed by atoms with Crippen molar-refractivity contribution in [1.82, 2.24) is 10.2 Å². The van der Waals surface area contributed by atoms with E-state index in [1.165, 1.54) is 5.56 Å². The van der Waals surface area contributed by atoms with Gasteiger partial charge in [-0.2, -0.15) is 0 Å². The molecule has 1 aliphatic heterocycles. The molecule has 2 N–H and O–H groups in total. The molecule has 1 aliphatic carbocycles. The summed E-state index contributed by atoms with van der Waals surface area (Å²) >= 11 is 0. The predicted molar refractivity (Wildman–Crippen MR) is 115 cm³/mol. The van der Waals surface area contributed by atoms with Crippen molar-refractivity contribution in [1.29, 1.82) is 0 Å². The van der Waals surface area contributed by atoms with E-state index in [0.717, 1.165) is 26.1 Å². The minimum absolute atomic E-state index is 0.148. The van der Waals surface area contributed by atoms with Crippen LogP contribution >= 0.6 is 0 Å².